The number of unbranched alkanes of at least 4 members (excludes halogenated alkanes) is 1. The molecule has 0 atom stereocenters. The first kappa shape index (κ1) is 22.4. The standard InChI is InChI=1S/C26H22ClN3O3S/c1-16-22-25-20(15-28-26(22)30(29-16)19-7-3-2-4-8-19)23(33-14-6-5-9-21(31)32)24(34-25)17-10-12-18(27)13-11-17/h2-4,7-8,10-13,15H,5-6,9,14H2,1H3,(H,31,32). The zero-order valence-corrected chi connectivity index (χ0v) is 20.1. The SMILES string of the molecule is Cc1nn(-c2ccccc2)c2ncc3c(OCCCCC(=O)O)c(-c4ccc(Cl)cc4)sc3c12. The van der Waals surface area contributed by atoms with Crippen LogP contribution in [0.15, 0.2) is 60.8 Å². The highest BCUT2D eigenvalue weighted by atomic mass is 35.5. The number of carboxylic acid groups (broad SMARTS) is 1. The molecule has 0 aliphatic heterocycles. The van der Waals surface area contributed by atoms with Crippen LogP contribution in [0.4, 0.5) is 0 Å². The van der Waals surface area contributed by atoms with E-state index in [0.717, 1.165) is 48.7 Å². The second-order valence-corrected chi connectivity index (χ2v) is 9.46. The molecule has 0 bridgehead atoms. The van der Waals surface area contributed by atoms with Gasteiger partial charge in [0.15, 0.2) is 5.65 Å². The molecule has 5 rings (SSSR count). The van der Waals surface area contributed by atoms with E-state index in [1.807, 2.05) is 72.4 Å². The van der Waals surface area contributed by atoms with Gasteiger partial charge < -0.3 is 9.84 Å². The number of benzene rings is 2. The summed E-state index contributed by atoms with van der Waals surface area (Å²) in [5.41, 5.74) is 3.66. The number of thiophene rings is 1. The molecule has 3 heterocycles. The molecule has 0 spiro atoms. The van der Waals surface area contributed by atoms with Crippen molar-refractivity contribution < 1.29 is 14.6 Å². The molecule has 0 amide bonds. The summed E-state index contributed by atoms with van der Waals surface area (Å²) in [4.78, 5) is 16.6. The topological polar surface area (TPSA) is 77.2 Å². The number of fused-ring (bicyclic) bond motifs is 3. The molecule has 0 aliphatic carbocycles. The van der Waals surface area contributed by atoms with Gasteiger partial charge in [0.2, 0.25) is 0 Å². The van der Waals surface area contributed by atoms with Gasteiger partial charge in [-0.1, -0.05) is 41.9 Å². The van der Waals surface area contributed by atoms with Gasteiger partial charge in [0.05, 0.1) is 38.3 Å². The smallest absolute Gasteiger partial charge is 0.303 e. The maximum Gasteiger partial charge on any atom is 0.303 e. The van der Waals surface area contributed by atoms with E-state index in [2.05, 4.69) is 0 Å². The van der Waals surface area contributed by atoms with Gasteiger partial charge >= 0.3 is 5.97 Å². The number of carbonyl (C=O) groups is 1. The molecule has 0 saturated carbocycles. The Morgan fingerprint density at radius 1 is 1.12 bits per heavy atom. The number of nitrogens with zero attached hydrogens (tertiary/aromatic N) is 3. The minimum Gasteiger partial charge on any atom is -0.491 e. The summed E-state index contributed by atoms with van der Waals surface area (Å²) in [5.74, 6) is -0.0285. The molecule has 34 heavy (non-hydrogen) atoms. The van der Waals surface area contributed by atoms with Crippen LogP contribution in [0.25, 0.3) is 37.2 Å². The van der Waals surface area contributed by atoms with Crippen LogP contribution in [0.5, 0.6) is 5.75 Å². The lowest BCUT2D eigenvalue weighted by Crippen LogP contribution is -2.01. The van der Waals surface area contributed by atoms with E-state index < -0.39 is 5.97 Å². The van der Waals surface area contributed by atoms with Crippen molar-refractivity contribution in [2.24, 2.45) is 0 Å². The van der Waals surface area contributed by atoms with E-state index in [1.54, 1.807) is 11.3 Å². The van der Waals surface area contributed by atoms with Crippen molar-refractivity contribution in [2.75, 3.05) is 6.61 Å². The van der Waals surface area contributed by atoms with E-state index in [4.69, 9.17) is 31.5 Å². The molecule has 3 aromatic heterocycles. The fourth-order valence-corrected chi connectivity index (χ4v) is 5.44. The molecule has 8 heteroatoms. The summed E-state index contributed by atoms with van der Waals surface area (Å²) in [6, 6.07) is 17.7. The average Bonchev–Trinajstić information content (AvgIpc) is 3.37. The first-order valence-corrected chi connectivity index (χ1v) is 12.2. The lowest BCUT2D eigenvalue weighted by Gasteiger charge is -2.08. The summed E-state index contributed by atoms with van der Waals surface area (Å²) in [6.07, 6.45) is 3.21. The van der Waals surface area contributed by atoms with E-state index in [0.29, 0.717) is 24.5 Å². The lowest BCUT2D eigenvalue weighted by molar-refractivity contribution is -0.137. The van der Waals surface area contributed by atoms with Crippen LogP contribution in [-0.4, -0.2) is 32.4 Å². The average molecular weight is 492 g/mol. The Labute approximate surface area is 205 Å². The van der Waals surface area contributed by atoms with Crippen molar-refractivity contribution in [1.82, 2.24) is 14.8 Å². The van der Waals surface area contributed by atoms with Crippen LogP contribution in [0.3, 0.4) is 0 Å². The van der Waals surface area contributed by atoms with Gasteiger partial charge in [0.25, 0.3) is 0 Å². The monoisotopic (exact) mass is 491 g/mol. The van der Waals surface area contributed by atoms with Gasteiger partial charge in [-0.3, -0.25) is 4.79 Å². The molecule has 0 saturated heterocycles. The number of halogens is 1. The highest BCUT2D eigenvalue weighted by Crippen LogP contribution is 2.47. The minimum absolute atomic E-state index is 0.137. The van der Waals surface area contributed by atoms with Crippen molar-refractivity contribution in [3.63, 3.8) is 0 Å². The minimum atomic E-state index is -0.791. The third kappa shape index (κ3) is 4.24. The van der Waals surface area contributed by atoms with Gasteiger partial charge in [-0.25, -0.2) is 9.67 Å². The van der Waals surface area contributed by atoms with Crippen LogP contribution >= 0.6 is 22.9 Å². The fourth-order valence-electron chi connectivity index (χ4n) is 3.99. The van der Waals surface area contributed by atoms with Crippen molar-refractivity contribution in [3.05, 3.63) is 71.5 Å². The molecule has 172 valence electrons. The highest BCUT2D eigenvalue weighted by Gasteiger charge is 2.22. The Kier molecular flexibility index (Phi) is 6.22. The summed E-state index contributed by atoms with van der Waals surface area (Å²) in [7, 11) is 0. The normalized spacial score (nSPS) is 11.4. The van der Waals surface area contributed by atoms with E-state index in [1.165, 1.54) is 0 Å². The molecule has 0 unspecified atom stereocenters. The highest BCUT2D eigenvalue weighted by molar-refractivity contribution is 7.23. The first-order valence-electron chi connectivity index (χ1n) is 11.0. The Morgan fingerprint density at radius 2 is 1.88 bits per heavy atom. The molecular formula is C26H22ClN3O3S. The zero-order chi connectivity index (χ0) is 23.7. The van der Waals surface area contributed by atoms with Gasteiger partial charge in [0.1, 0.15) is 5.75 Å². The Balaban J connectivity index is 1.63. The van der Waals surface area contributed by atoms with Crippen LogP contribution in [0, 0.1) is 6.92 Å². The number of aryl methyl sites for hydroxylation is 1. The van der Waals surface area contributed by atoms with Crippen LogP contribution < -0.4 is 4.74 Å². The molecular weight excluding hydrogens is 470 g/mol. The predicted molar refractivity (Wildman–Crippen MR) is 136 cm³/mol. The number of rotatable bonds is 8. The molecule has 1 N–H and O–H groups in total. The summed E-state index contributed by atoms with van der Waals surface area (Å²) >= 11 is 7.77. The van der Waals surface area contributed by atoms with Crippen molar-refractivity contribution >= 4 is 50.0 Å². The fraction of sp³-hybridized carbons (Fsp3) is 0.192. The number of para-hydroxylation sites is 1. The summed E-state index contributed by atoms with van der Waals surface area (Å²) in [6.45, 7) is 2.43. The molecule has 0 aliphatic rings. The van der Waals surface area contributed by atoms with E-state index in [-0.39, 0.29) is 6.42 Å². The van der Waals surface area contributed by atoms with Crippen molar-refractivity contribution in [1.29, 1.82) is 0 Å². The first-order chi connectivity index (χ1) is 16.5. The number of carboxylic acids is 1. The van der Waals surface area contributed by atoms with Gasteiger partial charge in [0, 0.05) is 17.6 Å². The maximum atomic E-state index is 10.8. The molecule has 5 aromatic rings. The number of hydrogen-bond acceptors (Lipinski definition) is 5. The number of aliphatic carboxylic acids is 1. The Morgan fingerprint density at radius 3 is 2.62 bits per heavy atom. The third-order valence-corrected chi connectivity index (χ3v) is 7.12. The van der Waals surface area contributed by atoms with Crippen LogP contribution in [0.2, 0.25) is 5.02 Å². The molecule has 0 fully saturated rings. The summed E-state index contributed by atoms with van der Waals surface area (Å²) < 4.78 is 9.19. The number of pyridine rings is 1. The molecule has 6 nitrogen and oxygen atoms in total. The second kappa shape index (κ2) is 9.44. The lowest BCUT2D eigenvalue weighted by atomic mass is 10.1. The largest absolute Gasteiger partial charge is 0.491 e. The third-order valence-electron chi connectivity index (χ3n) is 5.62. The van der Waals surface area contributed by atoms with Gasteiger partial charge in [-0.2, -0.15) is 5.10 Å². The second-order valence-electron chi connectivity index (χ2n) is 8.00. The van der Waals surface area contributed by atoms with Crippen molar-refractivity contribution in [3.8, 4) is 21.9 Å². The van der Waals surface area contributed by atoms with Gasteiger partial charge in [-0.15, -0.1) is 11.3 Å². The zero-order valence-electron chi connectivity index (χ0n) is 18.5. The van der Waals surface area contributed by atoms with E-state index in [9.17, 15) is 4.79 Å². The molecule has 2 aromatic carbocycles. The molecule has 0 radical (unpaired) electrons. The van der Waals surface area contributed by atoms with Crippen LogP contribution in [-0.2, 0) is 4.79 Å². The van der Waals surface area contributed by atoms with Crippen molar-refractivity contribution in [2.45, 2.75) is 26.2 Å². The Bertz CT molecular complexity index is 1480. The van der Waals surface area contributed by atoms with Gasteiger partial charge in [-0.05, 0) is 49.6 Å². The number of hydrogen-bond donors (Lipinski definition) is 1. The van der Waals surface area contributed by atoms with E-state index >= 15 is 0 Å². The summed E-state index contributed by atoms with van der Waals surface area (Å²) in [5, 5.41) is 16.3. The number of ether oxygens (including phenoxy) is 1. The predicted octanol–water partition coefficient (Wildman–Crippen LogP) is 6.90. The number of aromatic nitrogens is 3. The Hall–Kier alpha value is -3.42. The maximum absolute atomic E-state index is 10.8. The quantitative estimate of drug-likeness (QED) is 0.239. The van der Waals surface area contributed by atoms with Crippen LogP contribution in [0.1, 0.15) is 25.0 Å².